The Morgan fingerprint density at radius 3 is 2.90 bits per heavy atom. The van der Waals surface area contributed by atoms with Crippen LogP contribution in [0.4, 0.5) is 5.95 Å². The van der Waals surface area contributed by atoms with Crippen LogP contribution in [0.5, 0.6) is 0 Å². The van der Waals surface area contributed by atoms with E-state index in [4.69, 9.17) is 5.73 Å². The predicted molar refractivity (Wildman–Crippen MR) is 77.9 cm³/mol. The van der Waals surface area contributed by atoms with Gasteiger partial charge in [-0.2, -0.15) is 4.98 Å². The average molecular weight is 318 g/mol. The van der Waals surface area contributed by atoms with Gasteiger partial charge in [0.05, 0.1) is 7.11 Å². The number of carbonyl (C=O) groups is 2. The highest BCUT2D eigenvalue weighted by Crippen LogP contribution is 2.23. The largest absolute Gasteiger partial charge is 0.469 e. The Labute approximate surface area is 128 Å². The summed E-state index contributed by atoms with van der Waals surface area (Å²) in [6.07, 6.45) is 3.44. The minimum Gasteiger partial charge on any atom is -0.469 e. The number of hydrogen-bond donors (Lipinski definition) is 3. The van der Waals surface area contributed by atoms with Gasteiger partial charge in [-0.05, 0) is 19.3 Å². The van der Waals surface area contributed by atoms with Crippen molar-refractivity contribution in [1.29, 1.82) is 0 Å². The van der Waals surface area contributed by atoms with E-state index in [1.54, 1.807) is 0 Å². The smallest absolute Gasteiger partial charge is 0.313 e. The van der Waals surface area contributed by atoms with Crippen molar-refractivity contribution in [3.05, 3.63) is 5.82 Å². The van der Waals surface area contributed by atoms with Crippen LogP contribution in [-0.4, -0.2) is 40.2 Å². The second-order valence-corrected chi connectivity index (χ2v) is 4.97. The highest BCUT2D eigenvalue weighted by Gasteiger charge is 2.26. The minimum atomic E-state index is -0.419. The molecular weight excluding hydrogens is 298 g/mol. The zero-order valence-corrected chi connectivity index (χ0v) is 12.6. The van der Waals surface area contributed by atoms with Crippen molar-refractivity contribution >= 4 is 30.2 Å². The Balaban J connectivity index is 0.00000220. The standard InChI is InChI=1S/C12H19N5O3.ClH/c1-20-10(18)6-9-14-12(17-16-9)15-11(19)7-3-2-4-8(13)5-7;/h7-8H,2-6,13H2,1H3,(H2,14,15,16,17,19);1H. The molecule has 0 saturated heterocycles. The number of carbonyl (C=O) groups excluding carboxylic acids is 2. The number of nitrogens with two attached hydrogens (primary N) is 1. The van der Waals surface area contributed by atoms with Crippen molar-refractivity contribution in [1.82, 2.24) is 15.2 Å². The molecule has 1 saturated carbocycles. The molecule has 118 valence electrons. The van der Waals surface area contributed by atoms with E-state index in [0.717, 1.165) is 19.3 Å². The number of ether oxygens (including phenoxy) is 1. The number of amides is 1. The molecule has 9 heteroatoms. The molecule has 1 aromatic heterocycles. The van der Waals surface area contributed by atoms with E-state index in [-0.39, 0.29) is 42.6 Å². The third-order valence-corrected chi connectivity index (χ3v) is 3.39. The van der Waals surface area contributed by atoms with E-state index >= 15 is 0 Å². The molecule has 0 aliphatic heterocycles. The molecule has 4 N–H and O–H groups in total. The first-order chi connectivity index (χ1) is 9.58. The summed E-state index contributed by atoms with van der Waals surface area (Å²) in [4.78, 5) is 27.2. The van der Waals surface area contributed by atoms with Gasteiger partial charge in [0.25, 0.3) is 0 Å². The fourth-order valence-corrected chi connectivity index (χ4v) is 2.32. The third kappa shape index (κ3) is 4.98. The Bertz CT molecular complexity index is 493. The van der Waals surface area contributed by atoms with Crippen LogP contribution >= 0.6 is 12.4 Å². The number of esters is 1. The molecule has 0 bridgehead atoms. The number of aromatic nitrogens is 3. The zero-order valence-electron chi connectivity index (χ0n) is 11.8. The Hall–Kier alpha value is -1.67. The molecule has 0 spiro atoms. The molecular formula is C12H20ClN5O3. The summed E-state index contributed by atoms with van der Waals surface area (Å²) in [5.41, 5.74) is 5.86. The van der Waals surface area contributed by atoms with Crippen LogP contribution < -0.4 is 11.1 Å². The number of nitrogens with zero attached hydrogens (tertiary/aromatic N) is 2. The molecule has 2 atom stereocenters. The topological polar surface area (TPSA) is 123 Å². The van der Waals surface area contributed by atoms with E-state index in [1.165, 1.54) is 7.11 Å². The SMILES string of the molecule is COC(=O)Cc1nc(NC(=O)C2CCCC(N)C2)n[nH]1.Cl. The lowest BCUT2D eigenvalue weighted by atomic mass is 9.85. The van der Waals surface area contributed by atoms with Crippen LogP contribution in [0.25, 0.3) is 0 Å². The van der Waals surface area contributed by atoms with E-state index < -0.39 is 5.97 Å². The molecule has 21 heavy (non-hydrogen) atoms. The molecule has 1 amide bonds. The van der Waals surface area contributed by atoms with Crippen LogP contribution in [0, 0.1) is 5.92 Å². The van der Waals surface area contributed by atoms with Gasteiger partial charge in [0.15, 0.2) is 0 Å². The van der Waals surface area contributed by atoms with Gasteiger partial charge in [0.1, 0.15) is 12.2 Å². The molecule has 8 nitrogen and oxygen atoms in total. The Kier molecular flexibility index (Phi) is 6.57. The van der Waals surface area contributed by atoms with Crippen molar-refractivity contribution in [2.45, 2.75) is 38.1 Å². The molecule has 1 heterocycles. The fourth-order valence-electron chi connectivity index (χ4n) is 2.32. The molecule has 1 aromatic rings. The van der Waals surface area contributed by atoms with Crippen LogP contribution in [0.2, 0.25) is 0 Å². The maximum atomic E-state index is 12.0. The summed E-state index contributed by atoms with van der Waals surface area (Å²) in [5.74, 6) is -0.108. The van der Waals surface area contributed by atoms with Crippen molar-refractivity contribution in [2.75, 3.05) is 12.4 Å². The summed E-state index contributed by atoms with van der Waals surface area (Å²) in [5, 5.41) is 9.08. The maximum Gasteiger partial charge on any atom is 0.313 e. The van der Waals surface area contributed by atoms with Gasteiger partial charge in [0, 0.05) is 12.0 Å². The van der Waals surface area contributed by atoms with Crippen molar-refractivity contribution in [3.8, 4) is 0 Å². The molecule has 1 aliphatic carbocycles. The summed E-state index contributed by atoms with van der Waals surface area (Å²) >= 11 is 0. The van der Waals surface area contributed by atoms with Crippen LogP contribution in [0.15, 0.2) is 0 Å². The number of halogens is 1. The van der Waals surface area contributed by atoms with Crippen molar-refractivity contribution in [3.63, 3.8) is 0 Å². The summed E-state index contributed by atoms with van der Waals surface area (Å²) in [6.45, 7) is 0. The maximum absolute atomic E-state index is 12.0. The molecule has 0 radical (unpaired) electrons. The lowest BCUT2D eigenvalue weighted by Crippen LogP contribution is -2.34. The van der Waals surface area contributed by atoms with Crippen LogP contribution in [0.1, 0.15) is 31.5 Å². The number of rotatable bonds is 4. The van der Waals surface area contributed by atoms with Gasteiger partial charge < -0.3 is 10.5 Å². The van der Waals surface area contributed by atoms with Crippen molar-refractivity contribution < 1.29 is 14.3 Å². The van der Waals surface area contributed by atoms with E-state index in [9.17, 15) is 9.59 Å². The monoisotopic (exact) mass is 317 g/mol. The van der Waals surface area contributed by atoms with Crippen LogP contribution in [-0.2, 0) is 20.7 Å². The molecule has 0 aromatic carbocycles. The highest BCUT2D eigenvalue weighted by molar-refractivity contribution is 5.91. The average Bonchev–Trinajstić information content (AvgIpc) is 2.85. The van der Waals surface area contributed by atoms with Crippen LogP contribution in [0.3, 0.4) is 0 Å². The first-order valence-corrected chi connectivity index (χ1v) is 6.63. The van der Waals surface area contributed by atoms with Gasteiger partial charge in [0.2, 0.25) is 11.9 Å². The van der Waals surface area contributed by atoms with E-state index in [2.05, 4.69) is 25.2 Å². The van der Waals surface area contributed by atoms with Gasteiger partial charge in [-0.25, -0.2) is 0 Å². The summed E-state index contributed by atoms with van der Waals surface area (Å²) < 4.78 is 4.52. The van der Waals surface area contributed by atoms with Crippen molar-refractivity contribution in [2.24, 2.45) is 11.7 Å². The fraction of sp³-hybridized carbons (Fsp3) is 0.667. The second kappa shape index (κ2) is 7.94. The van der Waals surface area contributed by atoms with Gasteiger partial charge in [-0.15, -0.1) is 17.5 Å². The number of hydrogen-bond acceptors (Lipinski definition) is 6. The molecule has 2 unspecified atom stereocenters. The normalized spacial score (nSPS) is 21.2. The second-order valence-electron chi connectivity index (χ2n) is 4.97. The number of methoxy groups -OCH3 is 1. The number of H-pyrrole nitrogens is 1. The number of aromatic amines is 1. The van der Waals surface area contributed by atoms with E-state index in [1.807, 2.05) is 0 Å². The highest BCUT2D eigenvalue weighted by atomic mass is 35.5. The number of anilines is 1. The molecule has 1 aliphatic rings. The van der Waals surface area contributed by atoms with Gasteiger partial charge in [-0.1, -0.05) is 6.42 Å². The molecule has 2 rings (SSSR count). The quantitative estimate of drug-likeness (QED) is 0.691. The number of nitrogens with one attached hydrogen (secondary N) is 2. The Morgan fingerprint density at radius 2 is 2.24 bits per heavy atom. The summed E-state index contributed by atoms with van der Waals surface area (Å²) in [7, 11) is 1.30. The lowest BCUT2D eigenvalue weighted by molar-refractivity contribution is -0.139. The lowest BCUT2D eigenvalue weighted by Gasteiger charge is -2.25. The minimum absolute atomic E-state index is 0. The zero-order chi connectivity index (χ0) is 14.5. The van der Waals surface area contributed by atoms with Gasteiger partial charge in [-0.3, -0.25) is 20.0 Å². The first-order valence-electron chi connectivity index (χ1n) is 6.63. The molecule has 1 fully saturated rings. The van der Waals surface area contributed by atoms with Gasteiger partial charge >= 0.3 is 5.97 Å². The van der Waals surface area contributed by atoms with E-state index in [0.29, 0.717) is 12.2 Å². The Morgan fingerprint density at radius 1 is 1.48 bits per heavy atom. The predicted octanol–water partition coefficient (Wildman–Crippen LogP) is 0.398. The third-order valence-electron chi connectivity index (χ3n) is 3.39. The first kappa shape index (κ1) is 17.4. The summed E-state index contributed by atoms with van der Waals surface area (Å²) in [6, 6.07) is 0.0847.